The molecule has 1 atom stereocenters. The molecule has 0 unspecified atom stereocenters. The number of rotatable bonds is 4. The van der Waals surface area contributed by atoms with Gasteiger partial charge in [-0.05, 0) is 40.2 Å². The van der Waals surface area contributed by atoms with Gasteiger partial charge in [-0.15, -0.1) is 0 Å². The third-order valence-corrected chi connectivity index (χ3v) is 3.02. The predicted molar refractivity (Wildman–Crippen MR) is 79.6 cm³/mol. The number of hydrogen-bond acceptors (Lipinski definition) is 3. The SMILES string of the molecule is COC(C)(C)[C@@H](NC(=O)OC(C)(C)C)c1ccccc1. The van der Waals surface area contributed by atoms with Gasteiger partial charge in [0, 0.05) is 7.11 Å². The first-order chi connectivity index (χ1) is 9.15. The van der Waals surface area contributed by atoms with E-state index in [1.165, 1.54) is 0 Å². The molecule has 0 heterocycles. The van der Waals surface area contributed by atoms with E-state index >= 15 is 0 Å². The summed E-state index contributed by atoms with van der Waals surface area (Å²) in [7, 11) is 1.63. The minimum Gasteiger partial charge on any atom is -0.444 e. The summed E-state index contributed by atoms with van der Waals surface area (Å²) in [5, 5.41) is 2.89. The van der Waals surface area contributed by atoms with Crippen LogP contribution in [0.15, 0.2) is 30.3 Å². The second-order valence-corrected chi connectivity index (χ2v) is 6.30. The van der Waals surface area contributed by atoms with Gasteiger partial charge < -0.3 is 14.8 Å². The van der Waals surface area contributed by atoms with Gasteiger partial charge in [-0.25, -0.2) is 4.79 Å². The molecule has 0 spiro atoms. The van der Waals surface area contributed by atoms with Gasteiger partial charge in [0.25, 0.3) is 0 Å². The number of alkyl carbamates (subject to hydrolysis) is 1. The molecule has 20 heavy (non-hydrogen) atoms. The largest absolute Gasteiger partial charge is 0.444 e. The van der Waals surface area contributed by atoms with Gasteiger partial charge >= 0.3 is 6.09 Å². The van der Waals surface area contributed by atoms with Crippen LogP contribution < -0.4 is 5.32 Å². The zero-order valence-electron chi connectivity index (χ0n) is 13.2. The number of carbonyl (C=O) groups is 1. The number of hydrogen-bond donors (Lipinski definition) is 1. The lowest BCUT2D eigenvalue weighted by Crippen LogP contribution is -2.45. The van der Waals surface area contributed by atoms with Crippen LogP contribution in [0.1, 0.15) is 46.2 Å². The molecule has 0 saturated carbocycles. The minimum atomic E-state index is -0.543. The van der Waals surface area contributed by atoms with Crippen LogP contribution in [0, 0.1) is 0 Å². The zero-order chi connectivity index (χ0) is 15.4. The average molecular weight is 279 g/mol. The Kier molecular flexibility index (Phi) is 5.17. The Hall–Kier alpha value is -1.55. The molecule has 4 nitrogen and oxygen atoms in total. The summed E-state index contributed by atoms with van der Waals surface area (Å²) in [5.41, 5.74) is -0.0916. The number of carbonyl (C=O) groups excluding carboxylic acids is 1. The van der Waals surface area contributed by atoms with Crippen molar-refractivity contribution in [3.8, 4) is 0 Å². The summed E-state index contributed by atoms with van der Waals surface area (Å²) in [4.78, 5) is 12.0. The summed E-state index contributed by atoms with van der Waals surface area (Å²) in [6, 6.07) is 9.44. The van der Waals surface area contributed by atoms with Crippen LogP contribution in [-0.2, 0) is 9.47 Å². The molecule has 1 rings (SSSR count). The first kappa shape index (κ1) is 16.5. The van der Waals surface area contributed by atoms with E-state index in [0.29, 0.717) is 0 Å². The first-order valence-electron chi connectivity index (χ1n) is 6.75. The van der Waals surface area contributed by atoms with E-state index in [2.05, 4.69) is 5.32 Å². The molecular weight excluding hydrogens is 254 g/mol. The minimum absolute atomic E-state index is 0.288. The number of benzene rings is 1. The topological polar surface area (TPSA) is 47.6 Å². The maximum Gasteiger partial charge on any atom is 0.408 e. The molecule has 1 N–H and O–H groups in total. The van der Waals surface area contributed by atoms with Gasteiger partial charge in [-0.1, -0.05) is 30.3 Å². The van der Waals surface area contributed by atoms with Crippen LogP contribution in [0.2, 0.25) is 0 Å². The molecule has 0 aliphatic carbocycles. The van der Waals surface area contributed by atoms with Gasteiger partial charge in [-0.3, -0.25) is 0 Å². The van der Waals surface area contributed by atoms with Gasteiger partial charge in [-0.2, -0.15) is 0 Å². The Labute approximate surface area is 121 Å². The number of amides is 1. The molecule has 0 aliphatic rings. The summed E-state index contributed by atoms with van der Waals surface area (Å²) >= 11 is 0. The fourth-order valence-corrected chi connectivity index (χ4v) is 1.85. The van der Waals surface area contributed by atoms with E-state index < -0.39 is 17.3 Å². The lowest BCUT2D eigenvalue weighted by Gasteiger charge is -2.34. The van der Waals surface area contributed by atoms with Gasteiger partial charge in [0.05, 0.1) is 11.6 Å². The van der Waals surface area contributed by atoms with Crippen molar-refractivity contribution in [3.05, 3.63) is 35.9 Å². The van der Waals surface area contributed by atoms with E-state index in [1.54, 1.807) is 7.11 Å². The molecule has 1 aromatic carbocycles. The number of methoxy groups -OCH3 is 1. The fourth-order valence-electron chi connectivity index (χ4n) is 1.85. The third kappa shape index (κ3) is 4.85. The predicted octanol–water partition coefficient (Wildman–Crippen LogP) is 3.68. The summed E-state index contributed by atoms with van der Waals surface area (Å²) < 4.78 is 10.8. The smallest absolute Gasteiger partial charge is 0.408 e. The van der Waals surface area contributed by atoms with Crippen molar-refractivity contribution in [1.29, 1.82) is 0 Å². The maximum atomic E-state index is 12.0. The Morgan fingerprint density at radius 1 is 1.10 bits per heavy atom. The number of nitrogens with one attached hydrogen (secondary N) is 1. The summed E-state index contributed by atoms with van der Waals surface area (Å²) in [5.74, 6) is 0. The Bertz CT molecular complexity index is 435. The highest BCUT2D eigenvalue weighted by Gasteiger charge is 2.33. The quantitative estimate of drug-likeness (QED) is 0.914. The second-order valence-electron chi connectivity index (χ2n) is 6.30. The summed E-state index contributed by atoms with van der Waals surface area (Å²) in [6.07, 6.45) is -0.448. The molecule has 1 amide bonds. The third-order valence-electron chi connectivity index (χ3n) is 3.02. The Balaban J connectivity index is 2.93. The van der Waals surface area contributed by atoms with Gasteiger partial charge in [0.15, 0.2) is 0 Å². The molecule has 4 heteroatoms. The van der Waals surface area contributed by atoms with Crippen molar-refractivity contribution in [2.24, 2.45) is 0 Å². The van der Waals surface area contributed by atoms with Crippen molar-refractivity contribution in [1.82, 2.24) is 5.32 Å². The molecule has 112 valence electrons. The second kappa shape index (κ2) is 6.27. The molecule has 0 aromatic heterocycles. The van der Waals surface area contributed by atoms with Crippen LogP contribution in [0.25, 0.3) is 0 Å². The monoisotopic (exact) mass is 279 g/mol. The van der Waals surface area contributed by atoms with Crippen molar-refractivity contribution in [2.75, 3.05) is 7.11 Å². The fraction of sp³-hybridized carbons (Fsp3) is 0.562. The van der Waals surface area contributed by atoms with Gasteiger partial charge in [0.1, 0.15) is 5.60 Å². The van der Waals surface area contributed by atoms with E-state index in [-0.39, 0.29) is 6.04 Å². The standard InChI is InChI=1S/C16H25NO3/c1-15(2,3)20-14(18)17-13(16(4,5)19-6)12-10-8-7-9-11-12/h7-11,13H,1-6H3,(H,17,18)/t13-/m0/s1. The van der Waals surface area contributed by atoms with E-state index in [0.717, 1.165) is 5.56 Å². The lowest BCUT2D eigenvalue weighted by molar-refractivity contribution is -0.0171. The summed E-state index contributed by atoms with van der Waals surface area (Å²) in [6.45, 7) is 9.38. The maximum absolute atomic E-state index is 12.0. The van der Waals surface area contributed by atoms with E-state index in [1.807, 2.05) is 65.0 Å². The van der Waals surface area contributed by atoms with Crippen LogP contribution in [0.5, 0.6) is 0 Å². The molecule has 0 saturated heterocycles. The highest BCUT2D eigenvalue weighted by atomic mass is 16.6. The normalized spacial score (nSPS) is 13.7. The Morgan fingerprint density at radius 2 is 1.65 bits per heavy atom. The zero-order valence-corrected chi connectivity index (χ0v) is 13.2. The van der Waals surface area contributed by atoms with Crippen LogP contribution in [0.4, 0.5) is 4.79 Å². The lowest BCUT2D eigenvalue weighted by atomic mass is 9.92. The molecule has 0 fully saturated rings. The van der Waals surface area contributed by atoms with Gasteiger partial charge in [0.2, 0.25) is 0 Å². The van der Waals surface area contributed by atoms with Crippen LogP contribution >= 0.6 is 0 Å². The van der Waals surface area contributed by atoms with Crippen molar-refractivity contribution >= 4 is 6.09 Å². The molecule has 0 radical (unpaired) electrons. The number of ether oxygens (including phenoxy) is 2. The van der Waals surface area contributed by atoms with Crippen molar-refractivity contribution < 1.29 is 14.3 Å². The highest BCUT2D eigenvalue weighted by Crippen LogP contribution is 2.28. The molecule has 1 aromatic rings. The van der Waals surface area contributed by atoms with E-state index in [4.69, 9.17) is 9.47 Å². The molecular formula is C16H25NO3. The molecule has 0 aliphatic heterocycles. The highest BCUT2D eigenvalue weighted by molar-refractivity contribution is 5.68. The van der Waals surface area contributed by atoms with Crippen LogP contribution in [-0.4, -0.2) is 24.4 Å². The molecule has 0 bridgehead atoms. The van der Waals surface area contributed by atoms with Crippen molar-refractivity contribution in [3.63, 3.8) is 0 Å². The van der Waals surface area contributed by atoms with Crippen LogP contribution in [0.3, 0.4) is 0 Å². The first-order valence-corrected chi connectivity index (χ1v) is 6.75. The average Bonchev–Trinajstić information content (AvgIpc) is 2.35. The van der Waals surface area contributed by atoms with Crippen molar-refractivity contribution in [2.45, 2.75) is 51.9 Å². The van der Waals surface area contributed by atoms with E-state index in [9.17, 15) is 4.79 Å². The Morgan fingerprint density at radius 3 is 2.10 bits per heavy atom.